The number of hydrogen-bond acceptors (Lipinski definition) is 3. The average Bonchev–Trinajstić information content (AvgIpc) is 2.39. The van der Waals surface area contributed by atoms with Crippen molar-refractivity contribution < 1.29 is 13.5 Å². The Morgan fingerprint density at radius 1 is 1.26 bits per heavy atom. The standard InChI is InChI=1S/C14H14F2N2O/c1-9-3-4-11(7-12(9)15)19-14-13(16)10(8-17-2)5-6-18-14/h3-7,17H,8H2,1-2H3. The van der Waals surface area contributed by atoms with E-state index in [2.05, 4.69) is 10.3 Å². The van der Waals surface area contributed by atoms with Gasteiger partial charge in [-0.3, -0.25) is 0 Å². The summed E-state index contributed by atoms with van der Waals surface area (Å²) < 4.78 is 32.7. The molecule has 0 atom stereocenters. The van der Waals surface area contributed by atoms with E-state index >= 15 is 0 Å². The highest BCUT2D eigenvalue weighted by Gasteiger charge is 2.11. The second-order valence-electron chi connectivity index (χ2n) is 4.13. The van der Waals surface area contributed by atoms with Crippen molar-refractivity contribution in [1.29, 1.82) is 0 Å². The molecule has 0 aliphatic carbocycles. The molecule has 0 saturated heterocycles. The lowest BCUT2D eigenvalue weighted by atomic mass is 10.2. The van der Waals surface area contributed by atoms with Gasteiger partial charge in [-0.05, 0) is 31.7 Å². The van der Waals surface area contributed by atoms with Crippen LogP contribution in [0.5, 0.6) is 11.6 Å². The molecule has 1 heterocycles. The van der Waals surface area contributed by atoms with Gasteiger partial charge in [0, 0.05) is 24.4 Å². The Kier molecular flexibility index (Phi) is 4.06. The molecule has 2 aromatic rings. The van der Waals surface area contributed by atoms with Gasteiger partial charge < -0.3 is 10.1 Å². The fourth-order valence-corrected chi connectivity index (χ4v) is 1.61. The Morgan fingerprint density at radius 3 is 2.74 bits per heavy atom. The monoisotopic (exact) mass is 264 g/mol. The van der Waals surface area contributed by atoms with Crippen LogP contribution < -0.4 is 10.1 Å². The normalized spacial score (nSPS) is 10.5. The number of nitrogens with zero attached hydrogens (tertiary/aromatic N) is 1. The largest absolute Gasteiger partial charge is 0.436 e. The van der Waals surface area contributed by atoms with E-state index in [0.717, 1.165) is 0 Å². The Hall–Kier alpha value is -2.01. The highest BCUT2D eigenvalue weighted by Crippen LogP contribution is 2.25. The summed E-state index contributed by atoms with van der Waals surface area (Å²) in [7, 11) is 1.72. The number of benzene rings is 1. The second-order valence-corrected chi connectivity index (χ2v) is 4.13. The molecule has 0 saturated carbocycles. The molecule has 19 heavy (non-hydrogen) atoms. The van der Waals surface area contributed by atoms with Crippen molar-refractivity contribution in [3.8, 4) is 11.6 Å². The number of halogens is 2. The third-order valence-electron chi connectivity index (χ3n) is 2.66. The fourth-order valence-electron chi connectivity index (χ4n) is 1.61. The van der Waals surface area contributed by atoms with E-state index in [1.807, 2.05) is 0 Å². The van der Waals surface area contributed by atoms with Crippen LogP contribution in [0.2, 0.25) is 0 Å². The zero-order valence-electron chi connectivity index (χ0n) is 10.7. The molecular formula is C14H14F2N2O. The first-order valence-electron chi connectivity index (χ1n) is 5.84. The summed E-state index contributed by atoms with van der Waals surface area (Å²) in [5, 5.41) is 2.85. The molecule has 0 radical (unpaired) electrons. The zero-order valence-corrected chi connectivity index (χ0v) is 10.7. The predicted octanol–water partition coefficient (Wildman–Crippen LogP) is 3.18. The van der Waals surface area contributed by atoms with Crippen LogP contribution >= 0.6 is 0 Å². The van der Waals surface area contributed by atoms with Crippen LogP contribution in [0.1, 0.15) is 11.1 Å². The van der Waals surface area contributed by atoms with Crippen molar-refractivity contribution in [2.24, 2.45) is 0 Å². The first-order valence-corrected chi connectivity index (χ1v) is 5.84. The van der Waals surface area contributed by atoms with Crippen LogP contribution in [0.3, 0.4) is 0 Å². The van der Waals surface area contributed by atoms with Gasteiger partial charge in [0.2, 0.25) is 0 Å². The lowest BCUT2D eigenvalue weighted by molar-refractivity contribution is 0.415. The van der Waals surface area contributed by atoms with Crippen LogP contribution in [-0.4, -0.2) is 12.0 Å². The topological polar surface area (TPSA) is 34.2 Å². The summed E-state index contributed by atoms with van der Waals surface area (Å²) in [5.74, 6) is -0.880. The Balaban J connectivity index is 2.27. The maximum atomic E-state index is 14.0. The highest BCUT2D eigenvalue weighted by atomic mass is 19.1. The molecule has 100 valence electrons. The van der Waals surface area contributed by atoms with Crippen molar-refractivity contribution in [2.75, 3.05) is 7.05 Å². The summed E-state index contributed by atoms with van der Waals surface area (Å²) >= 11 is 0. The second kappa shape index (κ2) is 5.75. The molecular weight excluding hydrogens is 250 g/mol. The smallest absolute Gasteiger partial charge is 0.256 e. The van der Waals surface area contributed by atoms with E-state index < -0.39 is 11.6 Å². The van der Waals surface area contributed by atoms with Crippen molar-refractivity contribution in [1.82, 2.24) is 10.3 Å². The summed E-state index contributed by atoms with van der Waals surface area (Å²) in [6, 6.07) is 5.92. The third-order valence-corrected chi connectivity index (χ3v) is 2.66. The molecule has 2 rings (SSSR count). The van der Waals surface area contributed by atoms with Crippen molar-refractivity contribution >= 4 is 0 Å². The van der Waals surface area contributed by atoms with Crippen LogP contribution in [0.25, 0.3) is 0 Å². The fraction of sp³-hybridized carbons (Fsp3) is 0.214. The summed E-state index contributed by atoms with van der Waals surface area (Å²) in [4.78, 5) is 3.82. The Bertz CT molecular complexity index is 588. The van der Waals surface area contributed by atoms with Crippen molar-refractivity contribution in [3.63, 3.8) is 0 Å². The number of pyridine rings is 1. The molecule has 1 aromatic carbocycles. The molecule has 0 spiro atoms. The number of rotatable bonds is 4. The molecule has 3 nitrogen and oxygen atoms in total. The van der Waals surface area contributed by atoms with E-state index in [0.29, 0.717) is 17.7 Å². The van der Waals surface area contributed by atoms with Crippen molar-refractivity contribution in [3.05, 3.63) is 53.2 Å². The SMILES string of the molecule is CNCc1ccnc(Oc2ccc(C)c(F)c2)c1F. The van der Waals surface area contributed by atoms with E-state index in [-0.39, 0.29) is 11.6 Å². The van der Waals surface area contributed by atoms with Gasteiger partial charge in [0.05, 0.1) is 0 Å². The van der Waals surface area contributed by atoms with Crippen LogP contribution in [0.15, 0.2) is 30.5 Å². The third kappa shape index (κ3) is 3.06. The molecule has 0 fully saturated rings. The minimum Gasteiger partial charge on any atom is -0.436 e. The zero-order chi connectivity index (χ0) is 13.8. The number of aryl methyl sites for hydroxylation is 1. The highest BCUT2D eigenvalue weighted by molar-refractivity contribution is 5.33. The molecule has 1 aromatic heterocycles. The van der Waals surface area contributed by atoms with Gasteiger partial charge in [-0.25, -0.2) is 13.8 Å². The first-order chi connectivity index (χ1) is 9.11. The quantitative estimate of drug-likeness (QED) is 0.921. The lowest BCUT2D eigenvalue weighted by Gasteiger charge is -2.09. The molecule has 0 aliphatic rings. The minimum absolute atomic E-state index is 0.156. The maximum absolute atomic E-state index is 14.0. The Morgan fingerprint density at radius 2 is 2.05 bits per heavy atom. The van der Waals surface area contributed by atoms with Gasteiger partial charge in [-0.15, -0.1) is 0 Å². The van der Waals surface area contributed by atoms with E-state index in [1.165, 1.54) is 12.3 Å². The molecule has 1 N–H and O–H groups in total. The Labute approximate surface area is 110 Å². The molecule has 0 bridgehead atoms. The van der Waals surface area contributed by atoms with Crippen LogP contribution in [0.4, 0.5) is 8.78 Å². The van der Waals surface area contributed by atoms with Gasteiger partial charge in [0.1, 0.15) is 11.6 Å². The van der Waals surface area contributed by atoms with Crippen LogP contribution in [0, 0.1) is 18.6 Å². The van der Waals surface area contributed by atoms with Gasteiger partial charge in [0.25, 0.3) is 5.88 Å². The van der Waals surface area contributed by atoms with Gasteiger partial charge in [-0.1, -0.05) is 6.07 Å². The van der Waals surface area contributed by atoms with Gasteiger partial charge >= 0.3 is 0 Å². The summed E-state index contributed by atoms with van der Waals surface area (Å²) in [6.07, 6.45) is 1.45. The minimum atomic E-state index is -0.544. The molecule has 5 heteroatoms. The average molecular weight is 264 g/mol. The van der Waals surface area contributed by atoms with Gasteiger partial charge in [-0.2, -0.15) is 0 Å². The van der Waals surface area contributed by atoms with Crippen molar-refractivity contribution in [2.45, 2.75) is 13.5 Å². The summed E-state index contributed by atoms with van der Waals surface area (Å²) in [6.45, 7) is 2.01. The number of nitrogens with one attached hydrogen (secondary N) is 1. The van der Waals surface area contributed by atoms with Gasteiger partial charge in [0.15, 0.2) is 5.82 Å². The van der Waals surface area contributed by atoms with E-state index in [9.17, 15) is 8.78 Å². The van der Waals surface area contributed by atoms with E-state index in [4.69, 9.17) is 4.74 Å². The van der Waals surface area contributed by atoms with E-state index in [1.54, 1.807) is 32.2 Å². The maximum Gasteiger partial charge on any atom is 0.256 e. The van der Waals surface area contributed by atoms with Crippen LogP contribution in [-0.2, 0) is 6.54 Å². The lowest BCUT2D eigenvalue weighted by Crippen LogP contribution is -2.08. The molecule has 0 amide bonds. The predicted molar refractivity (Wildman–Crippen MR) is 68.2 cm³/mol. The first kappa shape index (κ1) is 13.4. The number of ether oxygens (including phenoxy) is 1. The molecule has 0 aliphatic heterocycles. The molecule has 0 unspecified atom stereocenters. The summed E-state index contributed by atoms with van der Waals surface area (Å²) in [5.41, 5.74) is 0.949. The number of aromatic nitrogens is 1. The number of hydrogen-bond donors (Lipinski definition) is 1.